The molecule has 0 spiro atoms. The minimum absolute atomic E-state index is 0. The van der Waals surface area contributed by atoms with Crippen molar-refractivity contribution in [2.24, 2.45) is 0 Å². The van der Waals surface area contributed by atoms with Gasteiger partial charge in [0.05, 0.1) is 71.7 Å². The number of nitrogens with zero attached hydrogens (tertiary/aromatic N) is 8. The van der Waals surface area contributed by atoms with E-state index >= 15 is 0 Å². The minimum Gasteiger partial charge on any atom is -0.309 e. The smallest absolute Gasteiger partial charge is 0.0978 e. The molecular formula is C123H78N8. The Labute approximate surface area is 753 Å². The number of para-hydroxylation sites is 7. The van der Waals surface area contributed by atoms with Crippen LogP contribution in [0.5, 0.6) is 0 Å². The number of benzene rings is 20. The summed E-state index contributed by atoms with van der Waals surface area (Å²) in [4.78, 5) is 29.8. The fourth-order valence-electron chi connectivity index (χ4n) is 20.8. The summed E-state index contributed by atoms with van der Waals surface area (Å²) in [6, 6.07) is 155. The van der Waals surface area contributed by atoms with Crippen molar-refractivity contribution in [2.45, 2.75) is 7.43 Å². The van der Waals surface area contributed by atoms with Gasteiger partial charge in [-0.15, -0.1) is 0 Å². The van der Waals surface area contributed by atoms with Gasteiger partial charge >= 0.3 is 0 Å². The van der Waals surface area contributed by atoms with Crippen molar-refractivity contribution in [1.29, 1.82) is 0 Å². The molecule has 0 bridgehead atoms. The molecule has 0 fully saturated rings. The minimum atomic E-state index is 0. The zero-order chi connectivity index (χ0) is 85.4. The van der Waals surface area contributed by atoms with Crippen LogP contribution in [0.1, 0.15) is 7.43 Å². The van der Waals surface area contributed by atoms with E-state index in [0.717, 1.165) is 121 Å². The normalized spacial score (nSPS) is 11.8. The molecule has 8 aromatic heterocycles. The van der Waals surface area contributed by atoms with Gasteiger partial charge in [-0.1, -0.05) is 335 Å². The van der Waals surface area contributed by atoms with Crippen LogP contribution in [0.4, 0.5) is 0 Å². The molecular weight excluding hydrogens is 1590 g/mol. The van der Waals surface area contributed by atoms with Crippen molar-refractivity contribution < 1.29 is 0 Å². The zero-order valence-electron chi connectivity index (χ0n) is 70.3. The van der Waals surface area contributed by atoms with E-state index in [1.54, 1.807) is 0 Å². The Morgan fingerprint density at radius 2 is 0.405 bits per heavy atom. The Hall–Kier alpha value is -17.5. The van der Waals surface area contributed by atoms with Gasteiger partial charge in [0.15, 0.2) is 0 Å². The van der Waals surface area contributed by atoms with Gasteiger partial charge in [0, 0.05) is 117 Å². The number of fused-ring (bicyclic) bond motifs is 23. The molecule has 28 rings (SSSR count). The molecule has 0 aliphatic carbocycles. The molecule has 0 saturated carbocycles. The van der Waals surface area contributed by atoms with Crippen molar-refractivity contribution in [3.63, 3.8) is 0 Å². The molecule has 20 aromatic carbocycles. The van der Waals surface area contributed by atoms with Crippen LogP contribution in [0.3, 0.4) is 0 Å². The van der Waals surface area contributed by atoms with Crippen molar-refractivity contribution in [2.75, 3.05) is 0 Å². The number of pyridine rings is 6. The molecule has 28 aromatic rings. The summed E-state index contributed by atoms with van der Waals surface area (Å²) in [6.45, 7) is 0. The van der Waals surface area contributed by atoms with E-state index in [0.29, 0.717) is 0 Å². The van der Waals surface area contributed by atoms with Gasteiger partial charge in [0.1, 0.15) is 0 Å². The van der Waals surface area contributed by atoms with Crippen LogP contribution in [-0.4, -0.2) is 39.0 Å². The number of hydrogen-bond acceptors (Lipinski definition) is 6. The molecule has 0 aliphatic rings. The monoisotopic (exact) mass is 1670 g/mol. The van der Waals surface area contributed by atoms with E-state index in [2.05, 4.69) is 422 Å². The lowest BCUT2D eigenvalue weighted by molar-refractivity contribution is 1.13. The van der Waals surface area contributed by atoms with Crippen LogP contribution < -0.4 is 0 Å². The van der Waals surface area contributed by atoms with Crippen molar-refractivity contribution in [3.05, 3.63) is 449 Å². The second-order valence-electron chi connectivity index (χ2n) is 33.8. The average molecular weight is 1670 g/mol. The molecule has 8 heteroatoms. The molecule has 0 atom stereocenters. The predicted molar refractivity (Wildman–Crippen MR) is 554 cm³/mol. The van der Waals surface area contributed by atoms with Crippen LogP contribution in [0.15, 0.2) is 449 Å². The fraction of sp³-hybridized carbons (Fsp3) is 0.00813. The second kappa shape index (κ2) is 31.0. The zero-order valence-corrected chi connectivity index (χ0v) is 70.3. The van der Waals surface area contributed by atoms with E-state index in [1.807, 2.05) is 36.8 Å². The summed E-state index contributed by atoms with van der Waals surface area (Å²) in [7, 11) is 0. The maximum Gasteiger partial charge on any atom is 0.0978 e. The number of rotatable bonds is 7. The third-order valence-corrected chi connectivity index (χ3v) is 26.6. The van der Waals surface area contributed by atoms with Crippen molar-refractivity contribution in [3.8, 4) is 67.0 Å². The van der Waals surface area contributed by atoms with Crippen LogP contribution in [-0.2, 0) is 0 Å². The summed E-state index contributed by atoms with van der Waals surface area (Å²) >= 11 is 0. The Balaban J connectivity index is 0.000000106. The standard InChI is InChI=1S/C46H28N4.C40H24N2.C36H22N2.CH4/c1-6-18-39-37(17-1)44(38-24-23-29-12-11-25-47-45(29)46(38)48-39)30-26-31(49-40-19-7-2-13-33(40)34-14-3-8-20-41(34)49)28-32(27-30)50-42-21-9-4-15-35(42)36-16-5-10-22-43(36)50;1-2-11-27-24-28(20-19-25(27)10-1)36-29-13-3-5-15-31(29)37(32-16-6-4-14-30(32)36)38-33-17-7-8-18-35(33)42-40-34(38)22-21-26-12-9-23-41-39(26)40;1-2-7-25-20-26(12-11-23(25)6-1)27-13-14-29-22-30(16-15-28(29)21-27)34-31-9-3-4-10-33(31)38-36-32(34)18-17-24-8-5-19-37-35(24)36;/h1-28H;1-24H;1-22H;1H4. The summed E-state index contributed by atoms with van der Waals surface area (Å²) in [6.07, 6.45) is 5.57. The summed E-state index contributed by atoms with van der Waals surface area (Å²) in [5.74, 6) is 0. The molecule has 0 radical (unpaired) electrons. The lowest BCUT2D eigenvalue weighted by atomic mass is 9.83. The van der Waals surface area contributed by atoms with E-state index in [-0.39, 0.29) is 7.43 Å². The van der Waals surface area contributed by atoms with Gasteiger partial charge in [-0.2, -0.15) is 0 Å². The van der Waals surface area contributed by atoms with Gasteiger partial charge in [-0.25, -0.2) is 15.0 Å². The Bertz CT molecular complexity index is 9330. The molecule has 8 heterocycles. The Morgan fingerprint density at radius 3 is 0.794 bits per heavy atom. The maximum atomic E-state index is 5.23. The van der Waals surface area contributed by atoms with Gasteiger partial charge in [-0.05, 0) is 196 Å². The first-order valence-electron chi connectivity index (χ1n) is 44.3. The van der Waals surface area contributed by atoms with Gasteiger partial charge in [0.2, 0.25) is 0 Å². The Kier molecular flexibility index (Phi) is 18.0. The average Bonchev–Trinajstić information content (AvgIpc) is 1.23. The van der Waals surface area contributed by atoms with Crippen molar-refractivity contribution in [1.82, 2.24) is 39.0 Å². The molecule has 8 nitrogen and oxygen atoms in total. The molecule has 610 valence electrons. The highest BCUT2D eigenvalue weighted by Crippen LogP contribution is 2.50. The molecule has 0 aliphatic heterocycles. The highest BCUT2D eigenvalue weighted by atomic mass is 15.0. The lowest BCUT2D eigenvalue weighted by Gasteiger charge is -2.20. The highest BCUT2D eigenvalue weighted by molar-refractivity contribution is 6.29. The van der Waals surface area contributed by atoms with E-state index in [1.165, 1.54) is 142 Å². The molecule has 0 N–H and O–H groups in total. The second-order valence-corrected chi connectivity index (χ2v) is 33.8. The molecule has 131 heavy (non-hydrogen) atoms. The van der Waals surface area contributed by atoms with Gasteiger partial charge in [0.25, 0.3) is 0 Å². The molecule has 0 amide bonds. The first-order chi connectivity index (χ1) is 64.5. The largest absolute Gasteiger partial charge is 0.309 e. The maximum absolute atomic E-state index is 5.23. The first-order valence-corrected chi connectivity index (χ1v) is 44.3. The highest BCUT2D eigenvalue weighted by Gasteiger charge is 2.26. The van der Waals surface area contributed by atoms with Crippen LogP contribution >= 0.6 is 0 Å². The summed E-state index contributed by atoms with van der Waals surface area (Å²) < 4.78 is 4.85. The van der Waals surface area contributed by atoms with E-state index in [9.17, 15) is 0 Å². The Morgan fingerprint density at radius 1 is 0.153 bits per heavy atom. The van der Waals surface area contributed by atoms with Crippen molar-refractivity contribution >= 4 is 196 Å². The van der Waals surface area contributed by atoms with Crippen LogP contribution in [0, 0.1) is 0 Å². The number of hydrogen-bond donors (Lipinski definition) is 0. The van der Waals surface area contributed by atoms with Gasteiger partial charge in [-0.3, -0.25) is 15.0 Å². The summed E-state index contributed by atoms with van der Waals surface area (Å²) in [5, 5.41) is 27.4. The SMILES string of the molecule is C.c1ccc2cc(-c3c4ccccc4c(-c4c5ccccc5nc5c4ccc4cccnc45)c4ccccc34)ccc2c1.c1ccc2cc(-c3ccc4cc(-c5c6ccccc6nc6c5ccc5cccnc56)ccc4c3)ccc2c1.c1cnc2c(c1)ccc1c(-c3cc(-n4c5ccccc5c5ccccc54)cc(-n4c5ccccc5c5ccccc54)c3)c3ccccc3nc12. The summed E-state index contributed by atoms with van der Waals surface area (Å²) in [5.41, 5.74) is 27.5. The van der Waals surface area contributed by atoms with E-state index < -0.39 is 0 Å². The van der Waals surface area contributed by atoms with Crippen LogP contribution in [0.2, 0.25) is 0 Å². The predicted octanol–water partition coefficient (Wildman–Crippen LogP) is 32.7. The number of aromatic nitrogens is 8. The molecule has 0 unspecified atom stereocenters. The van der Waals surface area contributed by atoms with Gasteiger partial charge < -0.3 is 9.13 Å². The lowest BCUT2D eigenvalue weighted by Crippen LogP contribution is -2.01. The third kappa shape index (κ3) is 12.5. The topological polar surface area (TPSA) is 87.2 Å². The molecule has 0 saturated heterocycles. The van der Waals surface area contributed by atoms with Crippen LogP contribution in [0.25, 0.3) is 263 Å². The van der Waals surface area contributed by atoms with E-state index in [4.69, 9.17) is 29.9 Å². The quantitative estimate of drug-likeness (QED) is 0.117. The fourth-order valence-corrected chi connectivity index (χ4v) is 20.8. The third-order valence-electron chi connectivity index (χ3n) is 26.6. The first kappa shape index (κ1) is 76.0.